The Labute approximate surface area is 118 Å². The Balaban J connectivity index is 2.37. The number of nitro groups is 1. The second-order valence-electron chi connectivity index (χ2n) is 3.89. The molecule has 0 aromatic heterocycles. The van der Waals surface area contributed by atoms with E-state index in [1.165, 1.54) is 12.1 Å². The summed E-state index contributed by atoms with van der Waals surface area (Å²) in [6.07, 6.45) is 0. The van der Waals surface area contributed by atoms with Crippen molar-refractivity contribution in [1.29, 1.82) is 0 Å². The second kappa shape index (κ2) is 5.85. The van der Waals surface area contributed by atoms with Gasteiger partial charge in [-0.1, -0.05) is 17.7 Å². The minimum atomic E-state index is -0.742. The van der Waals surface area contributed by atoms with Gasteiger partial charge in [0, 0.05) is 0 Å². The van der Waals surface area contributed by atoms with Crippen LogP contribution in [0.15, 0.2) is 36.4 Å². The lowest BCUT2D eigenvalue weighted by molar-refractivity contribution is -0.385. The van der Waals surface area contributed by atoms with Gasteiger partial charge in [0.05, 0.1) is 22.6 Å². The summed E-state index contributed by atoms with van der Waals surface area (Å²) in [5, 5.41) is 20.0. The highest BCUT2D eigenvalue weighted by Crippen LogP contribution is 2.35. The minimum absolute atomic E-state index is 0.116. The van der Waals surface area contributed by atoms with Crippen LogP contribution in [0.4, 0.5) is 10.1 Å². The molecule has 0 heterocycles. The van der Waals surface area contributed by atoms with Crippen LogP contribution >= 0.6 is 11.6 Å². The van der Waals surface area contributed by atoms with Crippen molar-refractivity contribution in [3.05, 3.63) is 62.9 Å². The number of aliphatic hydroxyl groups excluding tert-OH is 1. The minimum Gasteiger partial charge on any atom is -0.449 e. The van der Waals surface area contributed by atoms with Crippen LogP contribution in [0.3, 0.4) is 0 Å². The largest absolute Gasteiger partial charge is 0.449 e. The maximum atomic E-state index is 13.0. The number of halogens is 2. The normalized spacial score (nSPS) is 10.3. The Morgan fingerprint density at radius 1 is 1.25 bits per heavy atom. The smallest absolute Gasteiger partial charge is 0.314 e. The third-order valence-corrected chi connectivity index (χ3v) is 2.81. The topological polar surface area (TPSA) is 72.6 Å². The molecular weight excluding hydrogens is 289 g/mol. The van der Waals surface area contributed by atoms with Crippen LogP contribution in [-0.2, 0) is 6.61 Å². The summed E-state index contributed by atoms with van der Waals surface area (Å²) < 4.78 is 18.3. The number of hydrogen-bond donors (Lipinski definition) is 1. The molecule has 2 aromatic rings. The van der Waals surface area contributed by atoms with E-state index < -0.39 is 16.4 Å². The molecule has 0 spiro atoms. The third kappa shape index (κ3) is 3.04. The Morgan fingerprint density at radius 3 is 2.55 bits per heavy atom. The van der Waals surface area contributed by atoms with Gasteiger partial charge in [-0.25, -0.2) is 4.39 Å². The average molecular weight is 298 g/mol. The maximum absolute atomic E-state index is 13.0. The van der Waals surface area contributed by atoms with Crippen molar-refractivity contribution < 1.29 is 19.2 Å². The molecule has 0 radical (unpaired) electrons. The molecule has 0 aliphatic carbocycles. The van der Waals surface area contributed by atoms with Crippen molar-refractivity contribution in [2.75, 3.05) is 0 Å². The van der Waals surface area contributed by atoms with Crippen LogP contribution in [-0.4, -0.2) is 10.0 Å². The Kier molecular flexibility index (Phi) is 4.16. The Hall–Kier alpha value is -2.18. The molecule has 104 valence electrons. The molecule has 0 fully saturated rings. The molecule has 0 atom stereocenters. The molecule has 5 nitrogen and oxygen atoms in total. The predicted molar refractivity (Wildman–Crippen MR) is 70.5 cm³/mol. The van der Waals surface area contributed by atoms with E-state index in [2.05, 4.69) is 0 Å². The maximum Gasteiger partial charge on any atom is 0.314 e. The molecule has 0 unspecified atom stereocenters. The van der Waals surface area contributed by atoms with Gasteiger partial charge >= 0.3 is 5.69 Å². The molecule has 2 aromatic carbocycles. The Bertz CT molecular complexity index is 663. The van der Waals surface area contributed by atoms with E-state index in [0.717, 1.165) is 18.2 Å². The molecule has 1 N–H and O–H groups in total. The first-order chi connectivity index (χ1) is 9.51. The molecule has 0 aliphatic heterocycles. The summed E-state index contributed by atoms with van der Waals surface area (Å²) in [5.41, 5.74) is 0.0863. The lowest BCUT2D eigenvalue weighted by Crippen LogP contribution is -1.95. The predicted octanol–water partition coefficient (Wildman–Crippen LogP) is 3.67. The van der Waals surface area contributed by atoms with E-state index >= 15 is 0 Å². The molecule has 2 rings (SSSR count). The zero-order chi connectivity index (χ0) is 14.7. The Morgan fingerprint density at radius 2 is 1.95 bits per heavy atom. The van der Waals surface area contributed by atoms with Gasteiger partial charge in [0.2, 0.25) is 5.75 Å². The number of rotatable bonds is 4. The van der Waals surface area contributed by atoms with Crippen molar-refractivity contribution in [3.8, 4) is 11.5 Å². The van der Waals surface area contributed by atoms with E-state index in [1.54, 1.807) is 6.07 Å². The van der Waals surface area contributed by atoms with Gasteiger partial charge in [-0.15, -0.1) is 0 Å². The van der Waals surface area contributed by atoms with Crippen molar-refractivity contribution in [3.63, 3.8) is 0 Å². The van der Waals surface area contributed by atoms with Crippen LogP contribution in [0.1, 0.15) is 5.56 Å². The number of hydrogen-bond acceptors (Lipinski definition) is 4. The number of aliphatic hydroxyl groups is 1. The monoisotopic (exact) mass is 297 g/mol. The van der Waals surface area contributed by atoms with Crippen LogP contribution in [0, 0.1) is 15.9 Å². The first kappa shape index (κ1) is 14.2. The van der Waals surface area contributed by atoms with Crippen LogP contribution in [0.5, 0.6) is 11.5 Å². The number of ether oxygens (including phenoxy) is 1. The summed E-state index contributed by atoms with van der Waals surface area (Å²) in [6.45, 7) is -0.184. The van der Waals surface area contributed by atoms with Gasteiger partial charge in [0.15, 0.2) is 0 Å². The standard InChI is InChI=1S/C13H9ClFNO4/c14-10-5-8(7-17)1-3-12(10)20-13-4-2-9(15)6-11(13)16(18)19/h1-6,17H,7H2. The van der Waals surface area contributed by atoms with Crippen LogP contribution < -0.4 is 4.74 Å². The van der Waals surface area contributed by atoms with Crippen molar-refractivity contribution >= 4 is 17.3 Å². The molecule has 20 heavy (non-hydrogen) atoms. The van der Waals surface area contributed by atoms with E-state index in [4.69, 9.17) is 21.4 Å². The van der Waals surface area contributed by atoms with E-state index in [-0.39, 0.29) is 23.1 Å². The zero-order valence-electron chi connectivity index (χ0n) is 10.0. The number of benzene rings is 2. The van der Waals surface area contributed by atoms with Gasteiger partial charge in [-0.3, -0.25) is 10.1 Å². The number of nitrogens with zero attached hydrogens (tertiary/aromatic N) is 1. The average Bonchev–Trinajstić information content (AvgIpc) is 2.42. The van der Waals surface area contributed by atoms with Crippen LogP contribution in [0.25, 0.3) is 0 Å². The fourth-order valence-corrected chi connectivity index (χ4v) is 1.81. The highest BCUT2D eigenvalue weighted by Gasteiger charge is 2.18. The number of nitro benzene ring substituents is 1. The lowest BCUT2D eigenvalue weighted by atomic mass is 10.2. The SMILES string of the molecule is O=[N+]([O-])c1cc(F)ccc1Oc1ccc(CO)cc1Cl. The van der Waals surface area contributed by atoms with Gasteiger partial charge in [0.25, 0.3) is 0 Å². The summed E-state index contributed by atoms with van der Waals surface area (Å²) in [7, 11) is 0. The van der Waals surface area contributed by atoms with Gasteiger partial charge in [-0.2, -0.15) is 0 Å². The van der Waals surface area contributed by atoms with Crippen LogP contribution in [0.2, 0.25) is 5.02 Å². The van der Waals surface area contributed by atoms with Crippen molar-refractivity contribution in [1.82, 2.24) is 0 Å². The highest BCUT2D eigenvalue weighted by atomic mass is 35.5. The summed E-state index contributed by atoms with van der Waals surface area (Å²) in [4.78, 5) is 10.1. The molecule has 7 heteroatoms. The van der Waals surface area contributed by atoms with Crippen molar-refractivity contribution in [2.45, 2.75) is 6.61 Å². The molecule has 0 bridgehead atoms. The fraction of sp³-hybridized carbons (Fsp3) is 0.0769. The first-order valence-corrected chi connectivity index (χ1v) is 5.90. The molecule has 0 saturated heterocycles. The molecule has 0 amide bonds. The third-order valence-electron chi connectivity index (χ3n) is 2.52. The van der Waals surface area contributed by atoms with E-state index in [9.17, 15) is 14.5 Å². The zero-order valence-corrected chi connectivity index (χ0v) is 10.8. The summed E-state index contributed by atoms with van der Waals surface area (Å²) >= 11 is 5.94. The molecule has 0 saturated carbocycles. The quantitative estimate of drug-likeness (QED) is 0.690. The molecular formula is C13H9ClFNO4. The summed E-state index contributed by atoms with van der Waals surface area (Å²) in [6, 6.07) is 7.50. The lowest BCUT2D eigenvalue weighted by Gasteiger charge is -2.09. The first-order valence-electron chi connectivity index (χ1n) is 5.52. The van der Waals surface area contributed by atoms with Gasteiger partial charge in [0.1, 0.15) is 11.6 Å². The highest BCUT2D eigenvalue weighted by molar-refractivity contribution is 6.32. The molecule has 0 aliphatic rings. The van der Waals surface area contributed by atoms with E-state index in [1.807, 2.05) is 0 Å². The summed E-state index contributed by atoms with van der Waals surface area (Å²) in [5.74, 6) is -0.667. The van der Waals surface area contributed by atoms with Gasteiger partial charge in [-0.05, 0) is 29.8 Å². The van der Waals surface area contributed by atoms with Crippen molar-refractivity contribution in [2.24, 2.45) is 0 Å². The second-order valence-corrected chi connectivity index (χ2v) is 4.30. The fourth-order valence-electron chi connectivity index (χ4n) is 1.56. The van der Waals surface area contributed by atoms with E-state index in [0.29, 0.717) is 5.56 Å². The van der Waals surface area contributed by atoms with Gasteiger partial charge < -0.3 is 9.84 Å².